The maximum Gasteiger partial charge on any atom is 0.266 e. The molecule has 3 rings (SSSR count). The van der Waals surface area contributed by atoms with Crippen LogP contribution in [-0.4, -0.2) is 26.8 Å². The molecule has 0 aliphatic carbocycles. The molecule has 1 aromatic heterocycles. The highest BCUT2D eigenvalue weighted by molar-refractivity contribution is 7.99. The zero-order valence-corrected chi connectivity index (χ0v) is 18.5. The molecular weight excluding hydrogens is 406 g/mol. The molecule has 0 aliphatic heterocycles. The number of aromatic nitrogens is 2. The summed E-state index contributed by atoms with van der Waals surface area (Å²) in [5.74, 6) is 0.0615. The fourth-order valence-corrected chi connectivity index (χ4v) is 3.84. The first-order valence-corrected chi connectivity index (χ1v) is 10.8. The molecule has 0 aliphatic rings. The first kappa shape index (κ1) is 21.4. The maximum absolute atomic E-state index is 13.3. The van der Waals surface area contributed by atoms with Gasteiger partial charge in [0.05, 0.1) is 22.3 Å². The van der Waals surface area contributed by atoms with Gasteiger partial charge in [-0.25, -0.2) is 4.98 Å². The zero-order valence-electron chi connectivity index (χ0n) is 17.0. The average Bonchev–Trinajstić information content (AvgIpc) is 2.65. The van der Waals surface area contributed by atoms with Gasteiger partial charge in [0.1, 0.15) is 0 Å². The third-order valence-electron chi connectivity index (χ3n) is 4.75. The molecule has 1 heterocycles. The van der Waals surface area contributed by atoms with Gasteiger partial charge in [-0.15, -0.1) is 0 Å². The Hall–Kier alpha value is -2.31. The number of amides is 1. The van der Waals surface area contributed by atoms with Crippen molar-refractivity contribution < 1.29 is 4.79 Å². The van der Waals surface area contributed by atoms with Gasteiger partial charge in [0.15, 0.2) is 5.16 Å². The Morgan fingerprint density at radius 3 is 2.69 bits per heavy atom. The van der Waals surface area contributed by atoms with E-state index in [1.165, 1.54) is 11.8 Å². The molecule has 0 saturated carbocycles. The van der Waals surface area contributed by atoms with E-state index >= 15 is 0 Å². The van der Waals surface area contributed by atoms with Crippen molar-refractivity contribution in [2.24, 2.45) is 0 Å². The van der Waals surface area contributed by atoms with Crippen LogP contribution in [0.3, 0.4) is 0 Å². The van der Waals surface area contributed by atoms with Gasteiger partial charge in [0.2, 0.25) is 5.91 Å². The number of hydrogen-bond donors (Lipinski definition) is 1. The maximum atomic E-state index is 13.3. The minimum Gasteiger partial charge on any atom is -0.351 e. The summed E-state index contributed by atoms with van der Waals surface area (Å²) in [5.41, 5.74) is 1.80. The highest BCUT2D eigenvalue weighted by atomic mass is 35.5. The third kappa shape index (κ3) is 5.00. The molecule has 1 N–H and O–H groups in total. The Morgan fingerprint density at radius 2 is 2.00 bits per heavy atom. The van der Waals surface area contributed by atoms with Crippen molar-refractivity contribution in [1.29, 1.82) is 0 Å². The fraction of sp³-hybridized carbons (Fsp3) is 0.318. The summed E-state index contributed by atoms with van der Waals surface area (Å²) in [7, 11) is 0. The topological polar surface area (TPSA) is 64.0 Å². The molecular formula is C22H24ClN3O2S. The van der Waals surface area contributed by atoms with Gasteiger partial charge >= 0.3 is 0 Å². The number of nitrogens with one attached hydrogen (secondary N) is 1. The number of aryl methyl sites for hydroxylation is 1. The Bertz CT molecular complexity index is 1120. The van der Waals surface area contributed by atoms with E-state index in [1.54, 1.807) is 22.8 Å². The summed E-state index contributed by atoms with van der Waals surface area (Å²) in [4.78, 5) is 30.3. The predicted octanol–water partition coefficient (Wildman–Crippen LogP) is 4.74. The van der Waals surface area contributed by atoms with Crippen LogP contribution in [0.2, 0.25) is 5.02 Å². The lowest BCUT2D eigenvalue weighted by atomic mass is 10.0. The number of halogens is 1. The van der Waals surface area contributed by atoms with E-state index in [9.17, 15) is 9.59 Å². The fourth-order valence-electron chi connectivity index (χ4n) is 2.86. The Kier molecular flexibility index (Phi) is 6.34. The lowest BCUT2D eigenvalue weighted by molar-refractivity contribution is -0.120. The third-order valence-corrected chi connectivity index (χ3v) is 5.93. The highest BCUT2D eigenvalue weighted by Crippen LogP contribution is 2.23. The number of carbonyl (C=O) groups is 1. The van der Waals surface area contributed by atoms with Crippen LogP contribution in [0.15, 0.2) is 52.4 Å². The van der Waals surface area contributed by atoms with Crippen LogP contribution >= 0.6 is 23.4 Å². The van der Waals surface area contributed by atoms with E-state index < -0.39 is 0 Å². The lowest BCUT2D eigenvalue weighted by Crippen LogP contribution is -2.43. The smallest absolute Gasteiger partial charge is 0.266 e. The number of carbonyl (C=O) groups excluding carboxylic acids is 1. The zero-order chi connectivity index (χ0) is 21.2. The largest absolute Gasteiger partial charge is 0.351 e. The first-order chi connectivity index (χ1) is 13.7. The van der Waals surface area contributed by atoms with Crippen molar-refractivity contribution >= 4 is 40.2 Å². The second-order valence-electron chi connectivity index (χ2n) is 7.61. The van der Waals surface area contributed by atoms with Gasteiger partial charge in [-0.2, -0.15) is 0 Å². The van der Waals surface area contributed by atoms with Crippen LogP contribution in [0.25, 0.3) is 16.6 Å². The molecule has 29 heavy (non-hydrogen) atoms. The van der Waals surface area contributed by atoms with Crippen LogP contribution in [-0.2, 0) is 4.79 Å². The summed E-state index contributed by atoms with van der Waals surface area (Å²) in [6.07, 6.45) is 0.824. The van der Waals surface area contributed by atoms with E-state index in [1.807, 2.05) is 52.0 Å². The SMILES string of the molecule is CCC(C)(C)NC(=O)CSc1nc2cc(Cl)ccc2c(=O)n1-c1cccc(C)c1. The van der Waals surface area contributed by atoms with Crippen LogP contribution in [0.5, 0.6) is 0 Å². The molecule has 0 bridgehead atoms. The summed E-state index contributed by atoms with van der Waals surface area (Å²) < 4.78 is 1.56. The van der Waals surface area contributed by atoms with E-state index in [-0.39, 0.29) is 22.8 Å². The van der Waals surface area contributed by atoms with Crippen LogP contribution in [0.4, 0.5) is 0 Å². The second kappa shape index (κ2) is 8.59. The van der Waals surface area contributed by atoms with Crippen molar-refractivity contribution in [2.45, 2.75) is 44.8 Å². The number of thioether (sulfide) groups is 1. The second-order valence-corrected chi connectivity index (χ2v) is 8.99. The van der Waals surface area contributed by atoms with Crippen molar-refractivity contribution in [3.05, 3.63) is 63.4 Å². The molecule has 7 heteroatoms. The average molecular weight is 430 g/mol. The van der Waals surface area contributed by atoms with E-state index in [0.717, 1.165) is 17.7 Å². The molecule has 152 valence electrons. The summed E-state index contributed by atoms with van der Waals surface area (Å²) in [6.45, 7) is 7.95. The number of hydrogen-bond acceptors (Lipinski definition) is 4. The van der Waals surface area contributed by atoms with Crippen molar-refractivity contribution in [2.75, 3.05) is 5.75 Å². The Labute approximate surface area is 179 Å². The molecule has 1 amide bonds. The molecule has 0 atom stereocenters. The van der Waals surface area contributed by atoms with Gasteiger partial charge in [0.25, 0.3) is 5.56 Å². The van der Waals surface area contributed by atoms with Gasteiger partial charge in [-0.1, -0.05) is 42.4 Å². The Morgan fingerprint density at radius 1 is 1.24 bits per heavy atom. The summed E-state index contributed by atoms with van der Waals surface area (Å²) >= 11 is 7.34. The van der Waals surface area contributed by atoms with Crippen LogP contribution < -0.4 is 10.9 Å². The molecule has 0 radical (unpaired) electrons. The predicted molar refractivity (Wildman–Crippen MR) is 120 cm³/mol. The molecule has 0 saturated heterocycles. The number of benzene rings is 2. The molecule has 5 nitrogen and oxygen atoms in total. The molecule has 0 fully saturated rings. The van der Waals surface area contributed by atoms with E-state index in [2.05, 4.69) is 10.3 Å². The van der Waals surface area contributed by atoms with Crippen molar-refractivity contribution in [3.63, 3.8) is 0 Å². The Balaban J connectivity index is 2.05. The monoisotopic (exact) mass is 429 g/mol. The van der Waals surface area contributed by atoms with E-state index in [0.29, 0.717) is 21.1 Å². The lowest BCUT2D eigenvalue weighted by Gasteiger charge is -2.24. The summed E-state index contributed by atoms with van der Waals surface area (Å²) in [5, 5.41) is 4.46. The highest BCUT2D eigenvalue weighted by Gasteiger charge is 2.19. The normalized spacial score (nSPS) is 11.6. The summed E-state index contributed by atoms with van der Waals surface area (Å²) in [6, 6.07) is 12.7. The van der Waals surface area contributed by atoms with Crippen molar-refractivity contribution in [1.82, 2.24) is 14.9 Å². The number of nitrogens with zero attached hydrogens (tertiary/aromatic N) is 2. The van der Waals surface area contributed by atoms with Gasteiger partial charge in [-0.3, -0.25) is 14.2 Å². The molecule has 2 aromatic carbocycles. The van der Waals surface area contributed by atoms with Gasteiger partial charge in [0, 0.05) is 10.6 Å². The van der Waals surface area contributed by atoms with Crippen LogP contribution in [0, 0.1) is 6.92 Å². The van der Waals surface area contributed by atoms with Crippen LogP contribution in [0.1, 0.15) is 32.8 Å². The minimum atomic E-state index is -0.280. The first-order valence-electron chi connectivity index (χ1n) is 9.43. The number of fused-ring (bicyclic) bond motifs is 1. The van der Waals surface area contributed by atoms with Crippen molar-refractivity contribution in [3.8, 4) is 5.69 Å². The minimum absolute atomic E-state index is 0.0990. The molecule has 0 spiro atoms. The number of rotatable bonds is 6. The standard InChI is InChI=1S/C22H24ClN3O2S/c1-5-22(3,4)25-19(27)13-29-21-24-18-12-15(23)9-10-17(18)20(28)26(21)16-8-6-7-14(2)11-16/h6-12H,5,13H2,1-4H3,(H,25,27). The van der Waals surface area contributed by atoms with Gasteiger partial charge in [-0.05, 0) is 63.1 Å². The van der Waals surface area contributed by atoms with Gasteiger partial charge < -0.3 is 5.32 Å². The molecule has 3 aromatic rings. The molecule has 0 unspecified atom stereocenters. The quantitative estimate of drug-likeness (QED) is 0.454. The van der Waals surface area contributed by atoms with E-state index in [4.69, 9.17) is 11.6 Å².